The summed E-state index contributed by atoms with van der Waals surface area (Å²) in [6.45, 7) is 0. The summed E-state index contributed by atoms with van der Waals surface area (Å²) in [5, 5.41) is 19.2. The van der Waals surface area contributed by atoms with Crippen molar-refractivity contribution in [3.8, 4) is 22.6 Å². The lowest BCUT2D eigenvalue weighted by atomic mass is 9.99. The third-order valence-corrected chi connectivity index (χ3v) is 2.79. The second-order valence-electron chi connectivity index (χ2n) is 3.97. The van der Waals surface area contributed by atoms with Crippen molar-refractivity contribution >= 4 is 11.7 Å². The van der Waals surface area contributed by atoms with E-state index in [1.165, 1.54) is 19.2 Å². The molecule has 2 aromatic rings. The second-order valence-corrected chi connectivity index (χ2v) is 3.97. The second kappa shape index (κ2) is 4.89. The number of anilines is 1. The third kappa shape index (κ3) is 2.30. The highest BCUT2D eigenvalue weighted by atomic mass is 16.5. The molecule has 0 aliphatic rings. The number of methoxy groups -OCH3 is 1. The van der Waals surface area contributed by atoms with E-state index in [4.69, 9.17) is 15.6 Å². The summed E-state index contributed by atoms with van der Waals surface area (Å²) in [7, 11) is 1.36. The smallest absolute Gasteiger partial charge is 0.335 e. The lowest BCUT2D eigenvalue weighted by molar-refractivity contribution is 0.0696. The molecule has 5 nitrogen and oxygen atoms in total. The Morgan fingerprint density at radius 3 is 2.47 bits per heavy atom. The molecule has 2 aromatic carbocycles. The molecule has 0 radical (unpaired) electrons. The Bertz CT molecular complexity index is 637. The maximum absolute atomic E-state index is 11.1. The fourth-order valence-corrected chi connectivity index (χ4v) is 1.83. The van der Waals surface area contributed by atoms with Crippen LogP contribution in [0.5, 0.6) is 11.5 Å². The number of phenolic OH excluding ortho intramolecular Hbond substituents is 1. The first kappa shape index (κ1) is 12.8. The fourth-order valence-electron chi connectivity index (χ4n) is 1.83. The van der Waals surface area contributed by atoms with E-state index in [0.29, 0.717) is 16.8 Å². The Kier molecular flexibility index (Phi) is 3.29. The number of carboxylic acid groups (broad SMARTS) is 1. The zero-order valence-corrected chi connectivity index (χ0v) is 10.3. The molecule has 98 valence electrons. The SMILES string of the molecule is COc1cc(C(=O)O)cc(-c2ccccc2N)c1O. The number of benzene rings is 2. The number of rotatable bonds is 3. The first-order valence-electron chi connectivity index (χ1n) is 5.53. The zero-order valence-electron chi connectivity index (χ0n) is 10.3. The predicted octanol–water partition coefficient (Wildman–Crippen LogP) is 2.35. The van der Waals surface area contributed by atoms with Crippen LogP contribution in [-0.4, -0.2) is 23.3 Å². The minimum atomic E-state index is -1.10. The molecule has 4 N–H and O–H groups in total. The van der Waals surface area contributed by atoms with Crippen LogP contribution in [0.3, 0.4) is 0 Å². The molecule has 0 heterocycles. The summed E-state index contributed by atoms with van der Waals surface area (Å²) in [4.78, 5) is 11.1. The lowest BCUT2D eigenvalue weighted by Crippen LogP contribution is -1.99. The van der Waals surface area contributed by atoms with Crippen molar-refractivity contribution in [1.82, 2.24) is 0 Å². The van der Waals surface area contributed by atoms with Gasteiger partial charge in [0, 0.05) is 16.8 Å². The number of nitrogens with two attached hydrogens (primary N) is 1. The number of carboxylic acids is 1. The van der Waals surface area contributed by atoms with Gasteiger partial charge in [-0.25, -0.2) is 4.79 Å². The standard InChI is InChI=1S/C14H13NO4/c1-19-12-7-8(14(17)18)6-10(13(12)16)9-4-2-3-5-11(9)15/h2-7,16H,15H2,1H3,(H,17,18). The summed E-state index contributed by atoms with van der Waals surface area (Å²) < 4.78 is 4.98. The van der Waals surface area contributed by atoms with Gasteiger partial charge in [-0.2, -0.15) is 0 Å². The molecule has 0 fully saturated rings. The van der Waals surface area contributed by atoms with Crippen molar-refractivity contribution < 1.29 is 19.7 Å². The van der Waals surface area contributed by atoms with Crippen molar-refractivity contribution in [1.29, 1.82) is 0 Å². The summed E-state index contributed by atoms with van der Waals surface area (Å²) in [6.07, 6.45) is 0. The van der Waals surface area contributed by atoms with Gasteiger partial charge in [-0.3, -0.25) is 0 Å². The maximum Gasteiger partial charge on any atom is 0.335 e. The highest BCUT2D eigenvalue weighted by molar-refractivity contribution is 5.93. The maximum atomic E-state index is 11.1. The summed E-state index contributed by atoms with van der Waals surface area (Å²) >= 11 is 0. The molecule has 0 amide bonds. The van der Waals surface area contributed by atoms with Crippen molar-refractivity contribution in [3.05, 3.63) is 42.0 Å². The number of nitrogen functional groups attached to an aromatic ring is 1. The van der Waals surface area contributed by atoms with Gasteiger partial charge in [-0.05, 0) is 18.2 Å². The Morgan fingerprint density at radius 2 is 1.89 bits per heavy atom. The number of hydrogen-bond acceptors (Lipinski definition) is 4. The van der Waals surface area contributed by atoms with E-state index >= 15 is 0 Å². The van der Waals surface area contributed by atoms with E-state index in [1.54, 1.807) is 24.3 Å². The summed E-state index contributed by atoms with van der Waals surface area (Å²) in [5.41, 5.74) is 7.19. The number of aromatic hydroxyl groups is 1. The normalized spacial score (nSPS) is 10.2. The van der Waals surface area contributed by atoms with Gasteiger partial charge in [0.05, 0.1) is 12.7 Å². The molecule has 0 atom stereocenters. The van der Waals surface area contributed by atoms with Gasteiger partial charge < -0.3 is 20.7 Å². The van der Waals surface area contributed by atoms with Gasteiger partial charge in [-0.1, -0.05) is 18.2 Å². The molecule has 5 heteroatoms. The van der Waals surface area contributed by atoms with Gasteiger partial charge in [0.25, 0.3) is 0 Å². The Hall–Kier alpha value is -2.69. The van der Waals surface area contributed by atoms with Crippen LogP contribution in [0.1, 0.15) is 10.4 Å². The van der Waals surface area contributed by atoms with Crippen LogP contribution in [0.4, 0.5) is 5.69 Å². The average Bonchev–Trinajstić information content (AvgIpc) is 2.39. The molecule has 0 unspecified atom stereocenters. The van der Waals surface area contributed by atoms with Gasteiger partial charge in [0.1, 0.15) is 0 Å². The number of hydrogen-bond donors (Lipinski definition) is 3. The zero-order chi connectivity index (χ0) is 14.0. The van der Waals surface area contributed by atoms with Crippen molar-refractivity contribution in [2.45, 2.75) is 0 Å². The number of carbonyl (C=O) groups is 1. The van der Waals surface area contributed by atoms with Crippen LogP contribution in [0.15, 0.2) is 36.4 Å². The topological polar surface area (TPSA) is 92.8 Å². The van der Waals surface area contributed by atoms with Crippen LogP contribution in [0.25, 0.3) is 11.1 Å². The van der Waals surface area contributed by atoms with Crippen LogP contribution < -0.4 is 10.5 Å². The van der Waals surface area contributed by atoms with E-state index in [9.17, 15) is 9.90 Å². The van der Waals surface area contributed by atoms with E-state index in [-0.39, 0.29) is 17.1 Å². The predicted molar refractivity (Wildman–Crippen MR) is 71.5 cm³/mol. The number of aromatic carboxylic acids is 1. The molecule has 0 spiro atoms. The third-order valence-electron chi connectivity index (χ3n) is 2.79. The summed E-state index contributed by atoms with van der Waals surface area (Å²) in [5.74, 6) is -1.14. The Labute approximate surface area is 109 Å². The van der Waals surface area contributed by atoms with E-state index in [0.717, 1.165) is 0 Å². The Balaban J connectivity index is 2.72. The molecule has 0 aliphatic heterocycles. The molecular weight excluding hydrogens is 246 g/mol. The minimum Gasteiger partial charge on any atom is -0.504 e. The fraction of sp³-hybridized carbons (Fsp3) is 0.0714. The number of phenols is 1. The highest BCUT2D eigenvalue weighted by Crippen LogP contribution is 2.40. The van der Waals surface area contributed by atoms with Crippen LogP contribution in [0, 0.1) is 0 Å². The first-order valence-corrected chi connectivity index (χ1v) is 5.53. The molecule has 0 saturated heterocycles. The molecule has 19 heavy (non-hydrogen) atoms. The highest BCUT2D eigenvalue weighted by Gasteiger charge is 2.16. The van der Waals surface area contributed by atoms with E-state index < -0.39 is 5.97 Å². The minimum absolute atomic E-state index is 0.0212. The molecular formula is C14H13NO4. The monoisotopic (exact) mass is 259 g/mol. The molecule has 0 aliphatic carbocycles. The number of para-hydroxylation sites is 1. The molecule has 0 bridgehead atoms. The van der Waals surface area contributed by atoms with E-state index in [2.05, 4.69) is 0 Å². The van der Waals surface area contributed by atoms with E-state index in [1.807, 2.05) is 0 Å². The van der Waals surface area contributed by atoms with Gasteiger partial charge in [0.2, 0.25) is 0 Å². The number of ether oxygens (including phenoxy) is 1. The molecule has 0 saturated carbocycles. The largest absolute Gasteiger partial charge is 0.504 e. The van der Waals surface area contributed by atoms with Gasteiger partial charge in [-0.15, -0.1) is 0 Å². The Morgan fingerprint density at radius 1 is 1.21 bits per heavy atom. The van der Waals surface area contributed by atoms with Crippen molar-refractivity contribution in [2.75, 3.05) is 12.8 Å². The van der Waals surface area contributed by atoms with Gasteiger partial charge in [0.15, 0.2) is 11.5 Å². The lowest BCUT2D eigenvalue weighted by Gasteiger charge is -2.12. The first-order chi connectivity index (χ1) is 9.04. The summed E-state index contributed by atoms with van der Waals surface area (Å²) in [6, 6.07) is 9.52. The van der Waals surface area contributed by atoms with Crippen molar-refractivity contribution in [3.63, 3.8) is 0 Å². The average molecular weight is 259 g/mol. The van der Waals surface area contributed by atoms with Crippen LogP contribution >= 0.6 is 0 Å². The van der Waals surface area contributed by atoms with Gasteiger partial charge >= 0.3 is 5.97 Å². The quantitative estimate of drug-likeness (QED) is 0.736. The van der Waals surface area contributed by atoms with Crippen molar-refractivity contribution in [2.24, 2.45) is 0 Å². The van der Waals surface area contributed by atoms with Crippen LogP contribution in [-0.2, 0) is 0 Å². The molecule has 0 aromatic heterocycles. The molecule has 2 rings (SSSR count). The van der Waals surface area contributed by atoms with Crippen LogP contribution in [0.2, 0.25) is 0 Å².